The zero-order valence-electron chi connectivity index (χ0n) is 18.3. The molecule has 2 aromatic heterocycles. The van der Waals surface area contributed by atoms with Gasteiger partial charge in [0.15, 0.2) is 5.13 Å². The Morgan fingerprint density at radius 3 is 2.70 bits per heavy atom. The fraction of sp³-hybridized carbons (Fsp3) is 0.333. The number of likely N-dealkylation sites (tertiary alicyclic amines) is 1. The first-order valence-electron chi connectivity index (χ1n) is 10.9. The van der Waals surface area contributed by atoms with E-state index in [2.05, 4.69) is 33.5 Å². The Balaban J connectivity index is 1.34. The van der Waals surface area contributed by atoms with Crippen molar-refractivity contribution in [3.8, 4) is 16.2 Å². The number of carbonyl (C=O) groups is 2. The highest BCUT2D eigenvalue weighted by Crippen LogP contribution is 2.53. The highest BCUT2D eigenvalue weighted by atomic mass is 32.1. The van der Waals surface area contributed by atoms with Gasteiger partial charge in [-0.2, -0.15) is 0 Å². The van der Waals surface area contributed by atoms with Crippen molar-refractivity contribution < 1.29 is 14.3 Å². The lowest BCUT2D eigenvalue weighted by Gasteiger charge is -2.21. The fourth-order valence-electron chi connectivity index (χ4n) is 4.51. The van der Waals surface area contributed by atoms with Crippen LogP contribution in [0.25, 0.3) is 10.4 Å². The minimum absolute atomic E-state index is 0.0659. The molecule has 3 aromatic rings. The minimum atomic E-state index is -0.556. The third kappa shape index (κ3) is 4.04. The molecule has 1 aromatic carbocycles. The molecule has 3 amide bonds. The van der Waals surface area contributed by atoms with Gasteiger partial charge in [-0.05, 0) is 61.1 Å². The number of methoxy groups -OCH3 is 1. The Morgan fingerprint density at radius 2 is 2.00 bits per heavy atom. The summed E-state index contributed by atoms with van der Waals surface area (Å²) < 4.78 is 5.29. The van der Waals surface area contributed by atoms with Crippen LogP contribution in [0.15, 0.2) is 48.8 Å². The molecule has 3 N–H and O–H groups in total. The molecule has 33 heavy (non-hydrogen) atoms. The molecule has 1 atom stereocenters. The molecule has 0 bridgehead atoms. The molecule has 9 heteroatoms. The summed E-state index contributed by atoms with van der Waals surface area (Å²) in [6.45, 7) is 0.513. The average Bonchev–Trinajstić information content (AvgIpc) is 3.26. The van der Waals surface area contributed by atoms with Crippen molar-refractivity contribution in [2.75, 3.05) is 19.0 Å². The molecule has 1 saturated heterocycles. The second-order valence-corrected chi connectivity index (χ2v) is 9.48. The van der Waals surface area contributed by atoms with Gasteiger partial charge in [0.2, 0.25) is 5.91 Å². The largest absolute Gasteiger partial charge is 0.497 e. The van der Waals surface area contributed by atoms with Gasteiger partial charge in [0.05, 0.1) is 17.7 Å². The number of benzene rings is 1. The Kier molecular flexibility index (Phi) is 5.49. The molecule has 170 valence electrons. The summed E-state index contributed by atoms with van der Waals surface area (Å²) in [6.07, 6.45) is 7.05. The maximum absolute atomic E-state index is 12.6. The number of thiazole rings is 1. The number of primary amides is 1. The summed E-state index contributed by atoms with van der Waals surface area (Å²) in [5, 5.41) is 3.30. The second-order valence-electron chi connectivity index (χ2n) is 8.45. The van der Waals surface area contributed by atoms with Gasteiger partial charge in [-0.15, -0.1) is 0 Å². The lowest BCUT2D eigenvalue weighted by atomic mass is 9.91. The number of hydrogen-bond acceptors (Lipinski definition) is 6. The first-order chi connectivity index (χ1) is 16.0. The van der Waals surface area contributed by atoms with E-state index in [9.17, 15) is 9.59 Å². The Labute approximate surface area is 195 Å². The monoisotopic (exact) mass is 463 g/mol. The van der Waals surface area contributed by atoms with E-state index < -0.39 is 11.9 Å². The zero-order chi connectivity index (χ0) is 23.0. The van der Waals surface area contributed by atoms with E-state index in [0.29, 0.717) is 18.1 Å². The number of carbonyl (C=O) groups excluding carboxylic acids is 2. The van der Waals surface area contributed by atoms with Crippen LogP contribution in [-0.4, -0.2) is 46.5 Å². The number of anilines is 1. The summed E-state index contributed by atoms with van der Waals surface area (Å²) in [4.78, 5) is 35.7. The molecular weight excluding hydrogens is 438 g/mol. The maximum atomic E-state index is 12.6. The topological polar surface area (TPSA) is 110 Å². The smallest absolute Gasteiger partial charge is 0.324 e. The van der Waals surface area contributed by atoms with E-state index in [1.807, 2.05) is 24.4 Å². The third-order valence-electron chi connectivity index (χ3n) is 6.49. The molecule has 8 nitrogen and oxygen atoms in total. The molecule has 0 radical (unpaired) electrons. The number of aromatic nitrogens is 2. The Bertz CT molecular complexity index is 1190. The van der Waals surface area contributed by atoms with E-state index in [1.54, 1.807) is 13.3 Å². The van der Waals surface area contributed by atoms with Crippen molar-refractivity contribution in [2.45, 2.75) is 37.1 Å². The van der Waals surface area contributed by atoms with Crippen molar-refractivity contribution in [3.63, 3.8) is 0 Å². The van der Waals surface area contributed by atoms with E-state index in [0.717, 1.165) is 41.1 Å². The lowest BCUT2D eigenvalue weighted by Crippen LogP contribution is -2.45. The predicted octanol–water partition coefficient (Wildman–Crippen LogP) is 3.78. The standard InChI is InChI=1S/C24H25N5O3S/c1-32-17-6-4-16(5-7-17)24(9-10-24)20-13-15(8-11-26-20)19-14-27-22(33-19)28-23(31)29-12-2-3-18(29)21(25)30/h4-8,11,13-14,18H,2-3,9-10,12H2,1H3,(H2,25,30)(H,27,28,31)/t18-/m0/s1. The van der Waals surface area contributed by atoms with Gasteiger partial charge < -0.3 is 15.4 Å². The molecule has 3 heterocycles. The highest BCUT2D eigenvalue weighted by molar-refractivity contribution is 7.19. The number of hydrogen-bond donors (Lipinski definition) is 2. The van der Waals surface area contributed by atoms with Crippen LogP contribution in [0.3, 0.4) is 0 Å². The van der Waals surface area contributed by atoms with Crippen LogP contribution in [0.1, 0.15) is 36.9 Å². The van der Waals surface area contributed by atoms with Crippen LogP contribution in [0.5, 0.6) is 5.75 Å². The lowest BCUT2D eigenvalue weighted by molar-refractivity contribution is -0.121. The molecule has 0 spiro atoms. The van der Waals surface area contributed by atoms with Gasteiger partial charge in [-0.1, -0.05) is 23.5 Å². The number of amides is 3. The van der Waals surface area contributed by atoms with Crippen molar-refractivity contribution in [1.82, 2.24) is 14.9 Å². The van der Waals surface area contributed by atoms with Crippen molar-refractivity contribution in [2.24, 2.45) is 5.73 Å². The summed E-state index contributed by atoms with van der Waals surface area (Å²) in [7, 11) is 1.67. The highest BCUT2D eigenvalue weighted by Gasteiger charge is 2.47. The van der Waals surface area contributed by atoms with Gasteiger partial charge in [0.25, 0.3) is 0 Å². The fourth-order valence-corrected chi connectivity index (χ4v) is 5.31. The van der Waals surface area contributed by atoms with E-state index in [4.69, 9.17) is 10.5 Å². The van der Waals surface area contributed by atoms with Gasteiger partial charge in [0.1, 0.15) is 11.8 Å². The normalized spacial score (nSPS) is 18.7. The molecule has 2 aliphatic rings. The van der Waals surface area contributed by atoms with Crippen LogP contribution >= 0.6 is 11.3 Å². The second kappa shape index (κ2) is 8.47. The Morgan fingerprint density at radius 1 is 1.21 bits per heavy atom. The van der Waals surface area contributed by atoms with Gasteiger partial charge in [0, 0.05) is 24.4 Å². The molecule has 1 aliphatic heterocycles. The first kappa shape index (κ1) is 21.4. The summed E-state index contributed by atoms with van der Waals surface area (Å²) in [6, 6.07) is 11.4. The number of rotatable bonds is 6. The molecule has 5 rings (SSSR count). The quantitative estimate of drug-likeness (QED) is 0.578. The average molecular weight is 464 g/mol. The summed E-state index contributed by atoms with van der Waals surface area (Å²) in [5.41, 5.74) is 8.64. The number of pyridine rings is 1. The van der Waals surface area contributed by atoms with Gasteiger partial charge in [-0.25, -0.2) is 9.78 Å². The third-order valence-corrected chi connectivity index (χ3v) is 7.45. The van der Waals surface area contributed by atoms with Crippen molar-refractivity contribution >= 4 is 28.4 Å². The minimum Gasteiger partial charge on any atom is -0.497 e. The van der Waals surface area contributed by atoms with E-state index in [-0.39, 0.29) is 11.4 Å². The van der Waals surface area contributed by atoms with Crippen LogP contribution in [-0.2, 0) is 10.2 Å². The van der Waals surface area contributed by atoms with E-state index in [1.165, 1.54) is 21.8 Å². The van der Waals surface area contributed by atoms with E-state index >= 15 is 0 Å². The number of nitrogens with zero attached hydrogens (tertiary/aromatic N) is 3. The maximum Gasteiger partial charge on any atom is 0.324 e. The summed E-state index contributed by atoms with van der Waals surface area (Å²) in [5.74, 6) is 0.365. The Hall–Kier alpha value is -3.46. The number of nitrogens with two attached hydrogens (primary N) is 1. The van der Waals surface area contributed by atoms with Crippen molar-refractivity contribution in [1.29, 1.82) is 0 Å². The molecule has 2 fully saturated rings. The predicted molar refractivity (Wildman–Crippen MR) is 126 cm³/mol. The van der Waals surface area contributed by atoms with Crippen LogP contribution in [0.2, 0.25) is 0 Å². The molecule has 0 unspecified atom stereocenters. The number of ether oxygens (including phenoxy) is 1. The van der Waals surface area contributed by atoms with Crippen LogP contribution < -0.4 is 15.8 Å². The SMILES string of the molecule is COc1ccc(C2(c3cc(-c4cnc(NC(=O)N5CCC[C@H]5C(N)=O)s4)ccn3)CC2)cc1. The molecule has 1 saturated carbocycles. The number of urea groups is 1. The van der Waals surface area contributed by atoms with Gasteiger partial charge >= 0.3 is 6.03 Å². The van der Waals surface area contributed by atoms with Crippen molar-refractivity contribution in [3.05, 3.63) is 60.0 Å². The molecule has 1 aliphatic carbocycles. The number of nitrogens with one attached hydrogen (secondary N) is 1. The summed E-state index contributed by atoms with van der Waals surface area (Å²) >= 11 is 1.39. The first-order valence-corrected chi connectivity index (χ1v) is 11.8. The molecular formula is C24H25N5O3S. The zero-order valence-corrected chi connectivity index (χ0v) is 19.1. The van der Waals surface area contributed by atoms with Gasteiger partial charge in [-0.3, -0.25) is 15.1 Å². The van der Waals surface area contributed by atoms with Crippen LogP contribution in [0.4, 0.5) is 9.93 Å². The van der Waals surface area contributed by atoms with Crippen LogP contribution in [0, 0.1) is 0 Å².